The topological polar surface area (TPSA) is 64.9 Å². The maximum absolute atomic E-state index is 12.9. The summed E-state index contributed by atoms with van der Waals surface area (Å²) in [6, 6.07) is 6.31. The summed E-state index contributed by atoms with van der Waals surface area (Å²) in [5, 5.41) is 3.96. The molecule has 106 valence electrons. The molecule has 5 heteroatoms. The number of aromatic nitrogens is 2. The van der Waals surface area contributed by atoms with E-state index in [2.05, 4.69) is 10.1 Å². The van der Waals surface area contributed by atoms with E-state index in [1.54, 1.807) is 12.1 Å². The molecule has 1 aliphatic carbocycles. The van der Waals surface area contributed by atoms with Crippen molar-refractivity contribution >= 4 is 0 Å². The van der Waals surface area contributed by atoms with E-state index in [4.69, 9.17) is 10.3 Å². The maximum atomic E-state index is 12.9. The largest absolute Gasteiger partial charge is 0.339 e. The molecule has 1 saturated carbocycles. The Bertz CT molecular complexity index is 567. The molecule has 0 bridgehead atoms. The summed E-state index contributed by atoms with van der Waals surface area (Å²) < 4.78 is 18.2. The molecule has 2 aromatic rings. The van der Waals surface area contributed by atoms with Crippen LogP contribution in [-0.4, -0.2) is 16.2 Å². The van der Waals surface area contributed by atoms with E-state index in [0.717, 1.165) is 24.8 Å². The van der Waals surface area contributed by atoms with Gasteiger partial charge < -0.3 is 10.3 Å². The normalized spacial score (nSPS) is 22.9. The lowest BCUT2D eigenvalue weighted by molar-refractivity contribution is 0.273. The van der Waals surface area contributed by atoms with Crippen molar-refractivity contribution in [1.29, 1.82) is 0 Å². The van der Waals surface area contributed by atoms with Gasteiger partial charge in [-0.25, -0.2) is 4.39 Å². The van der Waals surface area contributed by atoms with Crippen LogP contribution in [-0.2, 0) is 6.42 Å². The molecule has 1 aromatic heterocycles. The lowest BCUT2D eigenvalue weighted by Gasteiger charge is -2.27. The van der Waals surface area contributed by atoms with Crippen molar-refractivity contribution in [2.24, 2.45) is 11.7 Å². The highest BCUT2D eigenvalue weighted by molar-refractivity contribution is 5.53. The van der Waals surface area contributed by atoms with Crippen molar-refractivity contribution in [1.82, 2.24) is 10.1 Å². The first-order valence-corrected chi connectivity index (χ1v) is 7.06. The highest BCUT2D eigenvalue weighted by Gasteiger charge is 2.24. The highest BCUT2D eigenvalue weighted by Crippen LogP contribution is 2.26. The molecule has 1 heterocycles. The number of nitrogens with two attached hydrogens (primary N) is 1. The van der Waals surface area contributed by atoms with Gasteiger partial charge in [0.25, 0.3) is 0 Å². The van der Waals surface area contributed by atoms with Crippen LogP contribution in [0.25, 0.3) is 11.4 Å². The van der Waals surface area contributed by atoms with Crippen molar-refractivity contribution in [3.8, 4) is 11.4 Å². The monoisotopic (exact) mass is 275 g/mol. The summed E-state index contributed by atoms with van der Waals surface area (Å²) in [5.41, 5.74) is 6.89. The van der Waals surface area contributed by atoms with Gasteiger partial charge in [0.05, 0.1) is 0 Å². The van der Waals surface area contributed by atoms with Crippen molar-refractivity contribution in [2.45, 2.75) is 38.1 Å². The second-order valence-electron chi connectivity index (χ2n) is 5.43. The zero-order valence-electron chi connectivity index (χ0n) is 11.3. The first kappa shape index (κ1) is 13.2. The van der Waals surface area contributed by atoms with E-state index < -0.39 is 0 Å². The minimum atomic E-state index is -0.273. The minimum absolute atomic E-state index is 0.227. The smallest absolute Gasteiger partial charge is 0.227 e. The number of hydrogen-bond acceptors (Lipinski definition) is 4. The summed E-state index contributed by atoms with van der Waals surface area (Å²) in [6.07, 6.45) is 5.36. The van der Waals surface area contributed by atoms with Crippen LogP contribution in [0, 0.1) is 11.7 Å². The fraction of sp³-hybridized carbons (Fsp3) is 0.467. The molecule has 20 heavy (non-hydrogen) atoms. The summed E-state index contributed by atoms with van der Waals surface area (Å²) in [5.74, 6) is 1.27. The molecular weight excluding hydrogens is 257 g/mol. The van der Waals surface area contributed by atoms with Gasteiger partial charge in [0, 0.05) is 18.0 Å². The van der Waals surface area contributed by atoms with E-state index in [1.807, 2.05) is 0 Å². The van der Waals surface area contributed by atoms with Crippen LogP contribution >= 0.6 is 0 Å². The van der Waals surface area contributed by atoms with E-state index in [9.17, 15) is 4.39 Å². The van der Waals surface area contributed by atoms with Gasteiger partial charge in [-0.1, -0.05) is 18.0 Å². The Morgan fingerprint density at radius 3 is 2.70 bits per heavy atom. The Balaban J connectivity index is 1.71. The zero-order chi connectivity index (χ0) is 13.9. The molecular formula is C15H18FN3O. The minimum Gasteiger partial charge on any atom is -0.339 e. The summed E-state index contributed by atoms with van der Waals surface area (Å²) in [7, 11) is 0. The molecule has 2 atom stereocenters. The van der Waals surface area contributed by atoms with E-state index in [-0.39, 0.29) is 11.9 Å². The van der Waals surface area contributed by atoms with E-state index in [0.29, 0.717) is 17.6 Å². The SMILES string of the molecule is NC1CCCCC1Cc1nc(-c2ccc(F)cc2)no1. The third-order valence-corrected chi connectivity index (χ3v) is 3.98. The first-order valence-electron chi connectivity index (χ1n) is 7.06. The first-order chi connectivity index (χ1) is 9.72. The molecule has 0 saturated heterocycles. The number of halogens is 1. The second-order valence-corrected chi connectivity index (χ2v) is 5.43. The average molecular weight is 275 g/mol. The van der Waals surface area contributed by atoms with Gasteiger partial charge in [-0.2, -0.15) is 4.98 Å². The summed E-state index contributed by atoms with van der Waals surface area (Å²) in [4.78, 5) is 4.38. The molecule has 0 amide bonds. The van der Waals surface area contributed by atoms with E-state index >= 15 is 0 Å². The van der Waals surface area contributed by atoms with Crippen molar-refractivity contribution in [3.05, 3.63) is 36.0 Å². The molecule has 1 fully saturated rings. The van der Waals surface area contributed by atoms with Crippen LogP contribution in [0.15, 0.2) is 28.8 Å². The van der Waals surface area contributed by atoms with E-state index in [1.165, 1.54) is 25.0 Å². The molecule has 0 spiro atoms. The molecule has 2 N–H and O–H groups in total. The Labute approximate surface area is 117 Å². The van der Waals surface area contributed by atoms with Crippen LogP contribution in [0.1, 0.15) is 31.6 Å². The Hall–Kier alpha value is -1.75. The molecule has 3 rings (SSSR count). The highest BCUT2D eigenvalue weighted by atomic mass is 19.1. The maximum Gasteiger partial charge on any atom is 0.227 e. The zero-order valence-corrected chi connectivity index (χ0v) is 11.3. The molecule has 4 nitrogen and oxygen atoms in total. The molecule has 2 unspecified atom stereocenters. The fourth-order valence-electron chi connectivity index (χ4n) is 2.77. The Morgan fingerprint density at radius 2 is 1.95 bits per heavy atom. The molecule has 1 aromatic carbocycles. The standard InChI is InChI=1S/C15H18FN3O/c16-12-7-5-10(6-8-12)15-18-14(20-19-15)9-11-3-1-2-4-13(11)17/h5-8,11,13H,1-4,9,17H2. The Morgan fingerprint density at radius 1 is 1.20 bits per heavy atom. The van der Waals surface area contributed by atoms with Crippen LogP contribution in [0.5, 0.6) is 0 Å². The number of benzene rings is 1. The van der Waals surface area contributed by atoms with Crippen LogP contribution < -0.4 is 5.73 Å². The lowest BCUT2D eigenvalue weighted by atomic mass is 9.83. The summed E-state index contributed by atoms with van der Waals surface area (Å²) >= 11 is 0. The number of rotatable bonds is 3. The molecule has 0 radical (unpaired) electrons. The molecule has 0 aliphatic heterocycles. The Kier molecular flexibility index (Phi) is 3.78. The number of nitrogens with zero attached hydrogens (tertiary/aromatic N) is 2. The fourth-order valence-corrected chi connectivity index (χ4v) is 2.77. The quantitative estimate of drug-likeness (QED) is 0.935. The lowest BCUT2D eigenvalue weighted by Crippen LogP contribution is -2.34. The van der Waals surface area contributed by atoms with Crippen molar-refractivity contribution < 1.29 is 8.91 Å². The summed E-state index contributed by atoms with van der Waals surface area (Å²) in [6.45, 7) is 0. The van der Waals surface area contributed by atoms with Crippen molar-refractivity contribution in [2.75, 3.05) is 0 Å². The van der Waals surface area contributed by atoms with Gasteiger partial charge in [-0.3, -0.25) is 0 Å². The van der Waals surface area contributed by atoms with Crippen LogP contribution in [0.3, 0.4) is 0 Å². The third kappa shape index (κ3) is 2.88. The van der Waals surface area contributed by atoms with Crippen LogP contribution in [0.2, 0.25) is 0 Å². The van der Waals surface area contributed by atoms with Gasteiger partial charge in [0.15, 0.2) is 0 Å². The van der Waals surface area contributed by atoms with Gasteiger partial charge in [0.1, 0.15) is 5.82 Å². The third-order valence-electron chi connectivity index (χ3n) is 3.98. The average Bonchev–Trinajstić information content (AvgIpc) is 2.91. The second kappa shape index (κ2) is 5.71. The molecule has 1 aliphatic rings. The predicted octanol–water partition coefficient (Wildman–Crippen LogP) is 2.94. The number of hydrogen-bond donors (Lipinski definition) is 1. The van der Waals surface area contributed by atoms with Gasteiger partial charge >= 0.3 is 0 Å². The van der Waals surface area contributed by atoms with Gasteiger partial charge in [-0.15, -0.1) is 0 Å². The van der Waals surface area contributed by atoms with Gasteiger partial charge in [-0.05, 0) is 43.0 Å². The van der Waals surface area contributed by atoms with Gasteiger partial charge in [0.2, 0.25) is 11.7 Å². The van der Waals surface area contributed by atoms with Crippen LogP contribution in [0.4, 0.5) is 4.39 Å². The predicted molar refractivity (Wildman–Crippen MR) is 73.3 cm³/mol. The van der Waals surface area contributed by atoms with Crippen molar-refractivity contribution in [3.63, 3.8) is 0 Å².